The molecule has 2 aliphatic rings. The van der Waals surface area contributed by atoms with Crippen molar-refractivity contribution in [1.82, 2.24) is 19.0 Å². The molecule has 12 nitrogen and oxygen atoms in total. The molecule has 0 spiro atoms. The van der Waals surface area contributed by atoms with Gasteiger partial charge in [0.25, 0.3) is 11.5 Å². The van der Waals surface area contributed by atoms with Crippen molar-refractivity contribution < 1.29 is 18.7 Å². The maximum atomic E-state index is 13.4. The summed E-state index contributed by atoms with van der Waals surface area (Å²) in [6.07, 6.45) is 7.71. The molecule has 1 saturated heterocycles. The number of hydrogen-bond acceptors (Lipinski definition) is 8. The van der Waals surface area contributed by atoms with Crippen LogP contribution in [0.4, 0.5) is 11.6 Å². The molecule has 12 heteroatoms. The van der Waals surface area contributed by atoms with Crippen LogP contribution in [0, 0.1) is 0 Å². The first-order chi connectivity index (χ1) is 20.9. The molecule has 0 saturated carbocycles. The van der Waals surface area contributed by atoms with E-state index in [4.69, 9.17) is 14.1 Å². The van der Waals surface area contributed by atoms with Crippen LogP contribution in [0.2, 0.25) is 0 Å². The number of carbonyl (C=O) groups excluding carboxylic acids is 2. The SMILES string of the molecule is CCCn1c(=O)c2c(n(CCCOC)c1=O)N=C(c1ccc(N(CCCN3CCCCC3=O)C(=O)c3ccco3)nc1)C2. The second kappa shape index (κ2) is 13.8. The van der Waals surface area contributed by atoms with Crippen LogP contribution in [-0.2, 0) is 29.0 Å². The highest BCUT2D eigenvalue weighted by molar-refractivity contribution is 6.06. The Morgan fingerprint density at radius 2 is 1.93 bits per heavy atom. The van der Waals surface area contributed by atoms with Crippen molar-refractivity contribution in [2.45, 2.75) is 65.0 Å². The average molecular weight is 591 g/mol. The molecule has 5 rings (SSSR count). The number of aromatic nitrogens is 3. The van der Waals surface area contributed by atoms with Gasteiger partial charge in [0.15, 0.2) is 5.76 Å². The van der Waals surface area contributed by atoms with Gasteiger partial charge in [0.2, 0.25) is 5.91 Å². The second-order valence-corrected chi connectivity index (χ2v) is 10.8. The van der Waals surface area contributed by atoms with E-state index in [0.717, 1.165) is 19.4 Å². The van der Waals surface area contributed by atoms with Gasteiger partial charge in [0.05, 0.1) is 17.5 Å². The number of aliphatic imine (C=N–C) groups is 1. The van der Waals surface area contributed by atoms with Gasteiger partial charge in [-0.2, -0.15) is 0 Å². The summed E-state index contributed by atoms with van der Waals surface area (Å²) >= 11 is 0. The lowest BCUT2D eigenvalue weighted by molar-refractivity contribution is -0.133. The number of piperidine rings is 1. The average Bonchev–Trinajstić information content (AvgIpc) is 3.72. The van der Waals surface area contributed by atoms with Crippen LogP contribution < -0.4 is 16.1 Å². The van der Waals surface area contributed by atoms with Gasteiger partial charge in [-0.05, 0) is 56.4 Å². The molecule has 0 N–H and O–H groups in total. The van der Waals surface area contributed by atoms with Crippen molar-refractivity contribution in [3.8, 4) is 0 Å². The van der Waals surface area contributed by atoms with E-state index in [9.17, 15) is 19.2 Å². The maximum absolute atomic E-state index is 13.4. The second-order valence-electron chi connectivity index (χ2n) is 10.8. The van der Waals surface area contributed by atoms with Gasteiger partial charge in [0.1, 0.15) is 11.6 Å². The molecule has 0 radical (unpaired) electrons. The molecule has 1 fully saturated rings. The molecule has 2 amide bonds. The van der Waals surface area contributed by atoms with Crippen LogP contribution in [-0.4, -0.2) is 69.9 Å². The molecular formula is C31H38N6O6. The number of amides is 2. The number of likely N-dealkylation sites (tertiary alicyclic amines) is 1. The van der Waals surface area contributed by atoms with E-state index < -0.39 is 0 Å². The summed E-state index contributed by atoms with van der Waals surface area (Å²) < 4.78 is 13.4. The molecular weight excluding hydrogens is 552 g/mol. The van der Waals surface area contributed by atoms with E-state index in [1.807, 2.05) is 17.9 Å². The lowest BCUT2D eigenvalue weighted by atomic mass is 10.1. The van der Waals surface area contributed by atoms with Crippen LogP contribution in [0.15, 0.2) is 55.7 Å². The minimum absolute atomic E-state index is 0.154. The van der Waals surface area contributed by atoms with Crippen LogP contribution >= 0.6 is 0 Å². The Bertz CT molecular complexity index is 1590. The van der Waals surface area contributed by atoms with E-state index in [1.54, 1.807) is 41.0 Å². The number of ether oxygens (including phenoxy) is 1. The summed E-state index contributed by atoms with van der Waals surface area (Å²) in [5.41, 5.74) is 1.15. The lowest BCUT2D eigenvalue weighted by Crippen LogP contribution is -2.41. The smallest absolute Gasteiger partial charge is 0.332 e. The van der Waals surface area contributed by atoms with E-state index in [0.29, 0.717) is 86.9 Å². The van der Waals surface area contributed by atoms with Crippen LogP contribution in [0.1, 0.15) is 67.1 Å². The molecule has 3 aromatic rings. The Morgan fingerprint density at radius 3 is 2.63 bits per heavy atom. The van der Waals surface area contributed by atoms with E-state index >= 15 is 0 Å². The first kappa shape index (κ1) is 30.1. The molecule has 3 aromatic heterocycles. The number of furan rings is 1. The molecule has 43 heavy (non-hydrogen) atoms. The Balaban J connectivity index is 1.39. The third-order valence-electron chi connectivity index (χ3n) is 7.82. The van der Waals surface area contributed by atoms with Crippen molar-refractivity contribution in [3.63, 3.8) is 0 Å². The highest BCUT2D eigenvalue weighted by atomic mass is 16.5. The van der Waals surface area contributed by atoms with E-state index in [1.165, 1.54) is 10.8 Å². The molecule has 0 bridgehead atoms. The number of rotatable bonds is 13. The van der Waals surface area contributed by atoms with Gasteiger partial charge in [-0.25, -0.2) is 14.8 Å². The Labute approximate surface area is 249 Å². The number of methoxy groups -OCH3 is 1. The third kappa shape index (κ3) is 6.53. The summed E-state index contributed by atoms with van der Waals surface area (Å²) in [6, 6.07) is 6.84. The maximum Gasteiger partial charge on any atom is 0.332 e. The monoisotopic (exact) mass is 590 g/mol. The fraction of sp³-hybridized carbons (Fsp3) is 0.484. The zero-order valence-corrected chi connectivity index (χ0v) is 24.8. The number of anilines is 1. The Hall–Kier alpha value is -4.32. The summed E-state index contributed by atoms with van der Waals surface area (Å²) in [5.74, 6) is 0.858. The molecule has 0 aromatic carbocycles. The number of pyridine rings is 1. The molecule has 0 unspecified atom stereocenters. The topological polar surface area (TPSA) is 132 Å². The zero-order chi connectivity index (χ0) is 30.3. The predicted molar refractivity (Wildman–Crippen MR) is 161 cm³/mol. The summed E-state index contributed by atoms with van der Waals surface area (Å²) in [4.78, 5) is 64.8. The fourth-order valence-electron chi connectivity index (χ4n) is 5.61. The summed E-state index contributed by atoms with van der Waals surface area (Å²) in [5, 5.41) is 0. The Kier molecular flexibility index (Phi) is 9.65. The van der Waals surface area contributed by atoms with E-state index in [2.05, 4.69) is 4.98 Å². The predicted octanol–water partition coefficient (Wildman–Crippen LogP) is 3.17. The molecule has 2 aliphatic heterocycles. The first-order valence-electron chi connectivity index (χ1n) is 15.0. The third-order valence-corrected chi connectivity index (χ3v) is 7.82. The van der Waals surface area contributed by atoms with Crippen molar-refractivity contribution >= 4 is 29.2 Å². The van der Waals surface area contributed by atoms with Crippen LogP contribution in [0.25, 0.3) is 0 Å². The first-order valence-corrected chi connectivity index (χ1v) is 15.0. The zero-order valence-electron chi connectivity index (χ0n) is 24.8. The van der Waals surface area contributed by atoms with Crippen LogP contribution in [0.5, 0.6) is 0 Å². The van der Waals surface area contributed by atoms with Gasteiger partial charge in [-0.3, -0.25) is 28.4 Å². The van der Waals surface area contributed by atoms with Crippen LogP contribution in [0.3, 0.4) is 0 Å². The van der Waals surface area contributed by atoms with Crippen molar-refractivity contribution in [2.24, 2.45) is 4.99 Å². The largest absolute Gasteiger partial charge is 0.459 e. The summed E-state index contributed by atoms with van der Waals surface area (Å²) in [7, 11) is 1.61. The van der Waals surface area contributed by atoms with Gasteiger partial charge in [0, 0.05) is 71.0 Å². The number of fused-ring (bicyclic) bond motifs is 1. The minimum atomic E-state index is -0.362. The highest BCUT2D eigenvalue weighted by Gasteiger charge is 2.27. The van der Waals surface area contributed by atoms with E-state index in [-0.39, 0.29) is 35.2 Å². The van der Waals surface area contributed by atoms with Gasteiger partial charge in [-0.15, -0.1) is 0 Å². The summed E-state index contributed by atoms with van der Waals surface area (Å²) in [6.45, 7) is 4.80. The molecule has 5 heterocycles. The highest BCUT2D eigenvalue weighted by Crippen LogP contribution is 2.26. The van der Waals surface area contributed by atoms with Gasteiger partial charge in [-0.1, -0.05) is 6.92 Å². The molecule has 228 valence electrons. The standard InChI is InChI=1S/C31H38N6O6/c1-3-13-37-29(39)23-20-24(33-28(23)36(31(37)41)17-8-18-42-2)22-11-12-26(32-21-22)35(30(40)25-9-6-19-43-25)16-7-15-34-14-5-4-10-27(34)38/h6,9,11-12,19,21H,3-5,7-8,10,13-18,20H2,1-2H3. The molecule has 0 aliphatic carbocycles. The normalized spacial score (nSPS) is 14.6. The van der Waals surface area contributed by atoms with Gasteiger partial charge < -0.3 is 14.1 Å². The van der Waals surface area contributed by atoms with Crippen molar-refractivity contribution in [1.29, 1.82) is 0 Å². The Morgan fingerprint density at radius 1 is 1.07 bits per heavy atom. The fourth-order valence-corrected chi connectivity index (χ4v) is 5.61. The molecule has 0 atom stereocenters. The van der Waals surface area contributed by atoms with Crippen molar-refractivity contribution in [2.75, 3.05) is 38.3 Å². The lowest BCUT2D eigenvalue weighted by Gasteiger charge is -2.28. The van der Waals surface area contributed by atoms with Gasteiger partial charge >= 0.3 is 5.69 Å². The number of carbonyl (C=O) groups is 2. The minimum Gasteiger partial charge on any atom is -0.459 e. The number of nitrogens with zero attached hydrogens (tertiary/aromatic N) is 6. The van der Waals surface area contributed by atoms with Crippen molar-refractivity contribution in [3.05, 3.63) is 74.5 Å². The quantitative estimate of drug-likeness (QED) is 0.279. The number of hydrogen-bond donors (Lipinski definition) is 0.